The third-order valence-electron chi connectivity index (χ3n) is 5.80. The molecule has 164 valence electrons. The van der Waals surface area contributed by atoms with Crippen molar-refractivity contribution in [2.75, 3.05) is 12.9 Å². The van der Waals surface area contributed by atoms with E-state index in [1.807, 2.05) is 13.0 Å². The second kappa shape index (κ2) is 7.67. The Kier molecular flexibility index (Phi) is 4.93. The van der Waals surface area contributed by atoms with Crippen molar-refractivity contribution in [3.63, 3.8) is 0 Å². The molecule has 0 amide bonds. The molecule has 0 aliphatic carbocycles. The van der Waals surface area contributed by atoms with Crippen LogP contribution in [0.1, 0.15) is 22.6 Å². The van der Waals surface area contributed by atoms with E-state index in [9.17, 15) is 12.8 Å². The van der Waals surface area contributed by atoms with Crippen LogP contribution in [0.4, 0.5) is 4.39 Å². The molecule has 1 aromatic carbocycles. The molecular weight excluding hydrogens is 431 g/mol. The summed E-state index contributed by atoms with van der Waals surface area (Å²) in [5, 5.41) is -0.0143. The van der Waals surface area contributed by atoms with Gasteiger partial charge in [-0.3, -0.25) is 9.38 Å². The third-order valence-corrected chi connectivity index (χ3v) is 6.80. The summed E-state index contributed by atoms with van der Waals surface area (Å²) in [5.74, 6) is 1.06. The fourth-order valence-electron chi connectivity index (χ4n) is 4.28. The molecule has 0 bridgehead atoms. The molecule has 4 heterocycles. The fraction of sp³-hybridized carbons (Fsp3) is 0.261. The van der Waals surface area contributed by atoms with Gasteiger partial charge in [0.05, 0.1) is 12.1 Å². The van der Waals surface area contributed by atoms with E-state index in [-0.39, 0.29) is 10.8 Å². The van der Waals surface area contributed by atoms with Crippen LogP contribution < -0.4 is 4.74 Å². The lowest BCUT2D eigenvalue weighted by Gasteiger charge is -2.13. The number of fused-ring (bicyclic) bond motifs is 2. The van der Waals surface area contributed by atoms with Crippen LogP contribution in [0.3, 0.4) is 0 Å². The molecule has 3 aromatic heterocycles. The maximum absolute atomic E-state index is 14.6. The number of sulfone groups is 1. The number of rotatable bonds is 5. The second-order valence-corrected chi connectivity index (χ2v) is 9.80. The van der Waals surface area contributed by atoms with Crippen LogP contribution in [0.25, 0.3) is 16.6 Å². The minimum absolute atomic E-state index is 0.0143. The van der Waals surface area contributed by atoms with Crippen LogP contribution in [-0.2, 0) is 29.1 Å². The number of ether oxygens (including phenoxy) is 1. The molecule has 1 aliphatic heterocycles. The Morgan fingerprint density at radius 3 is 2.75 bits per heavy atom. The number of benzene rings is 1. The van der Waals surface area contributed by atoms with Crippen molar-refractivity contribution < 1.29 is 17.5 Å². The van der Waals surface area contributed by atoms with E-state index in [1.54, 1.807) is 28.9 Å². The zero-order chi connectivity index (χ0) is 22.5. The van der Waals surface area contributed by atoms with Crippen LogP contribution in [0, 0.1) is 12.7 Å². The number of imidazole rings is 1. The van der Waals surface area contributed by atoms with Gasteiger partial charge in [0.25, 0.3) is 0 Å². The molecular formula is C23H21FN4O3S. The van der Waals surface area contributed by atoms with Crippen molar-refractivity contribution in [3.8, 4) is 16.9 Å². The maximum Gasteiger partial charge on any atom is 0.194 e. The predicted molar refractivity (Wildman–Crippen MR) is 117 cm³/mol. The Labute approximate surface area is 184 Å². The molecule has 0 radical (unpaired) electrons. The average molecular weight is 453 g/mol. The van der Waals surface area contributed by atoms with Gasteiger partial charge in [-0.25, -0.2) is 22.8 Å². The minimum Gasteiger partial charge on any atom is -0.493 e. The van der Waals surface area contributed by atoms with Gasteiger partial charge in [-0.1, -0.05) is 6.07 Å². The summed E-state index contributed by atoms with van der Waals surface area (Å²) < 4.78 is 46.8. The summed E-state index contributed by atoms with van der Waals surface area (Å²) in [6.45, 7) is 2.41. The van der Waals surface area contributed by atoms with Gasteiger partial charge in [0.2, 0.25) is 0 Å². The highest BCUT2D eigenvalue weighted by Gasteiger charge is 2.23. The first-order chi connectivity index (χ1) is 15.3. The molecule has 5 rings (SSSR count). The fourth-order valence-corrected chi connectivity index (χ4v) is 5.08. The molecule has 0 unspecified atom stereocenters. The van der Waals surface area contributed by atoms with E-state index in [2.05, 4.69) is 15.0 Å². The highest BCUT2D eigenvalue weighted by Crippen LogP contribution is 2.33. The monoisotopic (exact) mass is 452 g/mol. The summed E-state index contributed by atoms with van der Waals surface area (Å²) in [5.41, 5.74) is 4.14. The Balaban J connectivity index is 1.62. The quantitative estimate of drug-likeness (QED) is 0.462. The first-order valence-corrected chi connectivity index (χ1v) is 12.1. The van der Waals surface area contributed by atoms with Crippen molar-refractivity contribution in [1.82, 2.24) is 19.4 Å². The first-order valence-electron chi connectivity index (χ1n) is 10.2. The normalized spacial score (nSPS) is 13.3. The van der Waals surface area contributed by atoms with Gasteiger partial charge in [-0.2, -0.15) is 0 Å². The lowest BCUT2D eigenvalue weighted by molar-refractivity contribution is 0.356. The number of hydrogen-bond acceptors (Lipinski definition) is 6. The van der Waals surface area contributed by atoms with Gasteiger partial charge in [-0.15, -0.1) is 0 Å². The van der Waals surface area contributed by atoms with Gasteiger partial charge in [-0.05, 0) is 37.1 Å². The summed E-state index contributed by atoms with van der Waals surface area (Å²) >= 11 is 0. The molecule has 9 heteroatoms. The van der Waals surface area contributed by atoms with Crippen molar-refractivity contribution in [2.45, 2.75) is 31.2 Å². The SMILES string of the molecule is Cc1ncccc1-c1cnc(CCc2c(F)ccc3c2CCO3)n2cnc(S(C)(=O)=O)c12. The van der Waals surface area contributed by atoms with Gasteiger partial charge < -0.3 is 4.74 Å². The standard InChI is InChI=1S/C23H21FN4O3S/c1-14-15(4-3-10-25-14)18-12-26-21(28-13-27-23(22(18)28)32(2,29)30)8-5-16-17-9-11-31-20(17)7-6-19(16)24/h3-4,6-7,10,12-13H,5,8-9,11H2,1-2H3. The molecule has 32 heavy (non-hydrogen) atoms. The Bertz CT molecular complexity index is 1460. The lowest BCUT2D eigenvalue weighted by Crippen LogP contribution is -2.07. The highest BCUT2D eigenvalue weighted by atomic mass is 32.2. The number of hydrogen-bond donors (Lipinski definition) is 0. The largest absolute Gasteiger partial charge is 0.493 e. The minimum atomic E-state index is -3.58. The zero-order valence-corrected chi connectivity index (χ0v) is 18.5. The topological polar surface area (TPSA) is 86.4 Å². The molecule has 0 saturated carbocycles. The van der Waals surface area contributed by atoms with Gasteiger partial charge in [0.1, 0.15) is 23.7 Å². The Morgan fingerprint density at radius 2 is 1.97 bits per heavy atom. The summed E-state index contributed by atoms with van der Waals surface area (Å²) in [6, 6.07) is 6.76. The zero-order valence-electron chi connectivity index (χ0n) is 17.7. The van der Waals surface area contributed by atoms with E-state index in [0.717, 1.165) is 28.8 Å². The summed E-state index contributed by atoms with van der Waals surface area (Å²) in [6.07, 6.45) is 7.44. The van der Waals surface area contributed by atoms with Crippen molar-refractivity contribution in [1.29, 1.82) is 0 Å². The van der Waals surface area contributed by atoms with Crippen LogP contribution in [0.15, 0.2) is 48.0 Å². The summed E-state index contributed by atoms with van der Waals surface area (Å²) in [4.78, 5) is 13.1. The van der Waals surface area contributed by atoms with Crippen LogP contribution >= 0.6 is 0 Å². The Morgan fingerprint density at radius 1 is 1.12 bits per heavy atom. The molecule has 0 atom stereocenters. The number of halogens is 1. The lowest BCUT2D eigenvalue weighted by atomic mass is 9.99. The van der Waals surface area contributed by atoms with Crippen LogP contribution in [0.2, 0.25) is 0 Å². The molecule has 4 aromatic rings. The number of pyridine rings is 1. The van der Waals surface area contributed by atoms with E-state index in [0.29, 0.717) is 48.3 Å². The molecule has 1 aliphatic rings. The van der Waals surface area contributed by atoms with Crippen molar-refractivity contribution in [2.24, 2.45) is 0 Å². The van der Waals surface area contributed by atoms with Gasteiger partial charge in [0, 0.05) is 53.9 Å². The maximum atomic E-state index is 14.6. The van der Waals surface area contributed by atoms with Gasteiger partial charge >= 0.3 is 0 Å². The molecule has 7 nitrogen and oxygen atoms in total. The Hall–Kier alpha value is -3.33. The van der Waals surface area contributed by atoms with Crippen LogP contribution in [0.5, 0.6) is 5.75 Å². The average Bonchev–Trinajstić information content (AvgIpc) is 3.41. The third kappa shape index (κ3) is 3.42. The predicted octanol–water partition coefficient (Wildman–Crippen LogP) is 3.36. The molecule has 0 N–H and O–H groups in total. The second-order valence-electron chi connectivity index (χ2n) is 7.87. The number of aromatic nitrogens is 4. The number of aryl methyl sites for hydroxylation is 2. The smallest absolute Gasteiger partial charge is 0.194 e. The molecule has 0 saturated heterocycles. The van der Waals surface area contributed by atoms with Crippen molar-refractivity contribution in [3.05, 3.63) is 71.4 Å². The van der Waals surface area contributed by atoms with E-state index in [1.165, 1.54) is 12.4 Å². The highest BCUT2D eigenvalue weighted by molar-refractivity contribution is 7.90. The van der Waals surface area contributed by atoms with E-state index < -0.39 is 9.84 Å². The van der Waals surface area contributed by atoms with Gasteiger partial charge in [0.15, 0.2) is 14.9 Å². The molecule has 0 spiro atoms. The van der Waals surface area contributed by atoms with E-state index in [4.69, 9.17) is 4.74 Å². The van der Waals surface area contributed by atoms with Crippen LogP contribution in [-0.4, -0.2) is 40.6 Å². The number of nitrogens with zero attached hydrogens (tertiary/aromatic N) is 4. The van der Waals surface area contributed by atoms with Crippen molar-refractivity contribution >= 4 is 15.4 Å². The summed E-state index contributed by atoms with van der Waals surface area (Å²) in [7, 11) is -3.58. The molecule has 0 fully saturated rings. The van der Waals surface area contributed by atoms with E-state index >= 15 is 0 Å². The first kappa shape index (κ1) is 20.6.